The van der Waals surface area contributed by atoms with Crippen LogP contribution in [0.3, 0.4) is 0 Å². The van der Waals surface area contributed by atoms with Gasteiger partial charge >= 0.3 is 0 Å². The van der Waals surface area contributed by atoms with Gasteiger partial charge in [-0.15, -0.1) is 5.10 Å². The fourth-order valence-electron chi connectivity index (χ4n) is 4.44. The van der Waals surface area contributed by atoms with Crippen LogP contribution in [-0.2, 0) is 0 Å². The molecule has 2 fully saturated rings. The van der Waals surface area contributed by atoms with E-state index in [-0.39, 0.29) is 12.4 Å². The minimum atomic E-state index is 0. The number of anilines is 1. The van der Waals surface area contributed by atoms with E-state index in [9.17, 15) is 0 Å². The average Bonchev–Trinajstić information content (AvgIpc) is 3.23. The van der Waals surface area contributed by atoms with Crippen LogP contribution in [0.15, 0.2) is 18.5 Å². The number of nitrogens with zero attached hydrogens (tertiary/aromatic N) is 8. The molecule has 154 valence electrons. The molecular formula is C19H30ClN8-. The lowest BCUT2D eigenvalue weighted by molar-refractivity contribution is -0.00000599. The normalized spacial score (nSPS) is 20.0. The number of hydrogen-bond donors (Lipinski definition) is 0. The molecule has 0 amide bonds. The summed E-state index contributed by atoms with van der Waals surface area (Å²) in [5.41, 5.74) is 0. The summed E-state index contributed by atoms with van der Waals surface area (Å²) < 4.78 is 2.15. The van der Waals surface area contributed by atoms with Crippen molar-refractivity contribution in [1.82, 2.24) is 35.1 Å². The van der Waals surface area contributed by atoms with Crippen LogP contribution in [0.4, 0.5) is 5.95 Å². The first-order chi connectivity index (χ1) is 13.4. The van der Waals surface area contributed by atoms with Gasteiger partial charge in [-0.05, 0) is 35.8 Å². The summed E-state index contributed by atoms with van der Waals surface area (Å²) in [5.74, 6) is 1.89. The predicted octanol–water partition coefficient (Wildman–Crippen LogP) is -0.364. The molecule has 0 bridgehead atoms. The first kappa shape index (κ1) is 20.9. The van der Waals surface area contributed by atoms with E-state index < -0.39 is 0 Å². The lowest BCUT2D eigenvalue weighted by Crippen LogP contribution is -3.00. The maximum Gasteiger partial charge on any atom is 0.225 e. The van der Waals surface area contributed by atoms with Crippen LogP contribution in [0, 0.1) is 0 Å². The molecule has 28 heavy (non-hydrogen) atoms. The van der Waals surface area contributed by atoms with Gasteiger partial charge in [0.25, 0.3) is 0 Å². The first-order valence-electron chi connectivity index (χ1n) is 10.4. The second-order valence-corrected chi connectivity index (χ2v) is 7.65. The second-order valence-electron chi connectivity index (χ2n) is 7.65. The molecule has 2 aromatic heterocycles. The van der Waals surface area contributed by atoms with E-state index in [1.807, 2.05) is 18.5 Å². The quantitative estimate of drug-likeness (QED) is 0.649. The standard InChI is InChI=1S/C19H30N8.ClH/c1-2-7-17(18-22-23-24-27(18)16-8-4-3-5-9-16)25-12-14-26(15-13-25)19-20-10-6-11-21-19;/h6,10-11,16-17H,2-5,7-9,12-15H2,1H3;1H/p-1. The number of rotatable bonds is 6. The van der Waals surface area contributed by atoms with Crippen LogP contribution in [0.25, 0.3) is 0 Å². The van der Waals surface area contributed by atoms with Gasteiger partial charge in [0, 0.05) is 38.6 Å². The number of piperazine rings is 1. The zero-order chi connectivity index (χ0) is 18.5. The Labute approximate surface area is 173 Å². The Morgan fingerprint density at radius 3 is 2.43 bits per heavy atom. The van der Waals surface area contributed by atoms with Crippen molar-refractivity contribution < 1.29 is 12.4 Å². The first-order valence-corrected chi connectivity index (χ1v) is 10.4. The molecule has 1 saturated heterocycles. The molecule has 1 aliphatic heterocycles. The van der Waals surface area contributed by atoms with Crippen LogP contribution < -0.4 is 17.3 Å². The Morgan fingerprint density at radius 2 is 1.75 bits per heavy atom. The topological polar surface area (TPSA) is 75.9 Å². The van der Waals surface area contributed by atoms with Crippen LogP contribution in [0.1, 0.15) is 69.8 Å². The van der Waals surface area contributed by atoms with Crippen molar-refractivity contribution in [3.05, 3.63) is 24.3 Å². The highest BCUT2D eigenvalue weighted by atomic mass is 35.5. The van der Waals surface area contributed by atoms with Gasteiger partial charge in [-0.2, -0.15) is 0 Å². The van der Waals surface area contributed by atoms with E-state index in [4.69, 9.17) is 0 Å². The van der Waals surface area contributed by atoms with E-state index in [0.29, 0.717) is 12.1 Å². The van der Waals surface area contributed by atoms with Gasteiger partial charge in [-0.25, -0.2) is 14.6 Å². The summed E-state index contributed by atoms with van der Waals surface area (Å²) in [5, 5.41) is 12.9. The molecule has 0 N–H and O–H groups in total. The zero-order valence-electron chi connectivity index (χ0n) is 16.6. The van der Waals surface area contributed by atoms with E-state index in [1.165, 1.54) is 32.1 Å². The predicted molar refractivity (Wildman–Crippen MR) is 103 cm³/mol. The molecule has 1 saturated carbocycles. The fraction of sp³-hybridized carbons (Fsp3) is 0.737. The van der Waals surface area contributed by atoms with Crippen molar-refractivity contribution in [2.45, 2.75) is 64.0 Å². The maximum atomic E-state index is 4.48. The van der Waals surface area contributed by atoms with Crippen LogP contribution in [-0.4, -0.2) is 61.3 Å². The Bertz CT molecular complexity index is 695. The molecule has 8 nitrogen and oxygen atoms in total. The summed E-state index contributed by atoms with van der Waals surface area (Å²) in [4.78, 5) is 13.6. The molecule has 9 heteroatoms. The highest BCUT2D eigenvalue weighted by molar-refractivity contribution is 5.29. The third-order valence-corrected chi connectivity index (χ3v) is 5.89. The molecule has 0 aromatic carbocycles. The lowest BCUT2D eigenvalue weighted by atomic mass is 9.95. The summed E-state index contributed by atoms with van der Waals surface area (Å²) in [6.07, 6.45) is 12.2. The highest BCUT2D eigenvalue weighted by Crippen LogP contribution is 2.32. The summed E-state index contributed by atoms with van der Waals surface area (Å²) >= 11 is 0. The number of tetrazole rings is 1. The van der Waals surface area contributed by atoms with Crippen LogP contribution >= 0.6 is 0 Å². The monoisotopic (exact) mass is 405 g/mol. The molecule has 1 aliphatic carbocycles. The van der Waals surface area contributed by atoms with Crippen molar-refractivity contribution in [1.29, 1.82) is 0 Å². The minimum Gasteiger partial charge on any atom is -1.00 e. The van der Waals surface area contributed by atoms with E-state index in [1.54, 1.807) is 0 Å². The van der Waals surface area contributed by atoms with Crippen molar-refractivity contribution >= 4 is 5.95 Å². The minimum absolute atomic E-state index is 0. The highest BCUT2D eigenvalue weighted by Gasteiger charge is 2.31. The molecule has 2 aliphatic rings. The Kier molecular flexibility index (Phi) is 7.56. The fourth-order valence-corrected chi connectivity index (χ4v) is 4.44. The van der Waals surface area contributed by atoms with Crippen LogP contribution in [0.2, 0.25) is 0 Å². The van der Waals surface area contributed by atoms with Gasteiger partial charge in [0.05, 0.1) is 12.1 Å². The summed E-state index contributed by atoms with van der Waals surface area (Å²) in [6.45, 7) is 6.10. The second kappa shape index (κ2) is 10.1. The smallest absolute Gasteiger partial charge is 0.225 e. The molecule has 0 spiro atoms. The van der Waals surface area contributed by atoms with Gasteiger partial charge in [-0.1, -0.05) is 32.6 Å². The molecular weight excluding hydrogens is 376 g/mol. The van der Waals surface area contributed by atoms with E-state index in [2.05, 4.69) is 46.9 Å². The Hall–Kier alpha value is -1.80. The molecule has 2 aromatic rings. The summed E-state index contributed by atoms with van der Waals surface area (Å²) in [7, 11) is 0. The van der Waals surface area contributed by atoms with Gasteiger partial charge in [0.1, 0.15) is 0 Å². The van der Waals surface area contributed by atoms with E-state index >= 15 is 0 Å². The van der Waals surface area contributed by atoms with E-state index in [0.717, 1.165) is 50.8 Å². The van der Waals surface area contributed by atoms with Gasteiger partial charge < -0.3 is 17.3 Å². The molecule has 0 radical (unpaired) electrons. The number of halogens is 1. The molecule has 1 unspecified atom stereocenters. The summed E-state index contributed by atoms with van der Waals surface area (Å²) in [6, 6.07) is 2.63. The molecule has 1 atom stereocenters. The van der Waals surface area contributed by atoms with Crippen molar-refractivity contribution in [2.75, 3.05) is 31.1 Å². The third kappa shape index (κ3) is 4.60. The van der Waals surface area contributed by atoms with Gasteiger partial charge in [-0.3, -0.25) is 4.90 Å². The van der Waals surface area contributed by atoms with Crippen molar-refractivity contribution in [2.24, 2.45) is 0 Å². The average molecular weight is 406 g/mol. The molecule has 3 heterocycles. The van der Waals surface area contributed by atoms with Crippen LogP contribution in [0.5, 0.6) is 0 Å². The zero-order valence-corrected chi connectivity index (χ0v) is 17.4. The molecule has 4 rings (SSSR count). The Morgan fingerprint density at radius 1 is 1.04 bits per heavy atom. The Balaban J connectivity index is 0.00000225. The van der Waals surface area contributed by atoms with Crippen molar-refractivity contribution in [3.63, 3.8) is 0 Å². The maximum absolute atomic E-state index is 4.48. The van der Waals surface area contributed by atoms with Crippen molar-refractivity contribution in [3.8, 4) is 0 Å². The third-order valence-electron chi connectivity index (χ3n) is 5.89. The van der Waals surface area contributed by atoms with Gasteiger partial charge in [0.2, 0.25) is 5.95 Å². The number of aromatic nitrogens is 6. The lowest BCUT2D eigenvalue weighted by Gasteiger charge is -2.39. The SMILES string of the molecule is CCCC(c1nnnn1C1CCCCC1)N1CCN(c2ncccn2)CC1.[Cl-]. The number of hydrogen-bond acceptors (Lipinski definition) is 7. The largest absolute Gasteiger partial charge is 1.00 e. The van der Waals surface area contributed by atoms with Gasteiger partial charge in [0.15, 0.2) is 5.82 Å².